The number of nitrogens with one attached hydrogen (secondary N) is 1. The number of ether oxygens (including phenoxy) is 1. The zero-order valence-electron chi connectivity index (χ0n) is 14.3. The van der Waals surface area contributed by atoms with Crippen LogP contribution in [0.1, 0.15) is 30.1 Å². The van der Waals surface area contributed by atoms with E-state index >= 15 is 0 Å². The van der Waals surface area contributed by atoms with E-state index in [9.17, 15) is 13.2 Å². The van der Waals surface area contributed by atoms with E-state index in [1.807, 2.05) is 0 Å². The fourth-order valence-electron chi connectivity index (χ4n) is 2.80. The summed E-state index contributed by atoms with van der Waals surface area (Å²) in [4.78, 5) is 11.5. The van der Waals surface area contributed by atoms with Gasteiger partial charge in [0, 0.05) is 13.1 Å². The molecule has 1 aromatic rings. The van der Waals surface area contributed by atoms with Gasteiger partial charge in [-0.1, -0.05) is 18.5 Å². The van der Waals surface area contributed by atoms with E-state index in [1.165, 1.54) is 29.6 Å². The maximum absolute atomic E-state index is 12.8. The van der Waals surface area contributed by atoms with E-state index in [-0.39, 0.29) is 27.9 Å². The first kappa shape index (κ1) is 22.2. The number of methoxy groups -OCH3 is 1. The number of piperidine rings is 1. The predicted octanol–water partition coefficient (Wildman–Crippen LogP) is 2.56. The Morgan fingerprint density at radius 2 is 2.00 bits per heavy atom. The highest BCUT2D eigenvalue weighted by molar-refractivity contribution is 7.89. The van der Waals surface area contributed by atoms with Crippen molar-refractivity contribution in [1.29, 1.82) is 0 Å². The van der Waals surface area contributed by atoms with Crippen LogP contribution < -0.4 is 5.32 Å². The number of carbonyl (C=O) groups excluding carboxylic acids is 1. The number of hydrogen-bond acceptors (Lipinski definition) is 5. The lowest BCUT2D eigenvalue weighted by Crippen LogP contribution is -2.40. The van der Waals surface area contributed by atoms with E-state index in [1.54, 1.807) is 0 Å². The van der Waals surface area contributed by atoms with E-state index in [0.29, 0.717) is 19.0 Å². The van der Waals surface area contributed by atoms with Crippen LogP contribution >= 0.6 is 24.0 Å². The molecular formula is C16H24Cl2N2O4S. The molecule has 0 atom stereocenters. The lowest BCUT2D eigenvalue weighted by Gasteiger charge is -2.31. The second-order valence-electron chi connectivity index (χ2n) is 5.79. The van der Waals surface area contributed by atoms with Crippen LogP contribution in [0.2, 0.25) is 5.02 Å². The van der Waals surface area contributed by atoms with Gasteiger partial charge in [-0.25, -0.2) is 13.2 Å². The Kier molecular flexibility index (Phi) is 8.63. The highest BCUT2D eigenvalue weighted by atomic mass is 35.5. The summed E-state index contributed by atoms with van der Waals surface area (Å²) >= 11 is 6.11. The summed E-state index contributed by atoms with van der Waals surface area (Å²) in [7, 11) is -2.39. The quantitative estimate of drug-likeness (QED) is 0.729. The van der Waals surface area contributed by atoms with E-state index < -0.39 is 16.0 Å². The molecule has 142 valence electrons. The molecule has 1 saturated heterocycles. The Bertz CT molecular complexity index is 689. The smallest absolute Gasteiger partial charge is 0.337 e. The number of carbonyl (C=O) groups is 1. The third-order valence-electron chi connectivity index (χ3n) is 4.23. The van der Waals surface area contributed by atoms with E-state index in [0.717, 1.165) is 25.9 Å². The Morgan fingerprint density at radius 1 is 1.36 bits per heavy atom. The van der Waals surface area contributed by atoms with Gasteiger partial charge in [0.25, 0.3) is 0 Å². The third kappa shape index (κ3) is 5.31. The number of halogens is 2. The third-order valence-corrected chi connectivity index (χ3v) is 6.61. The molecule has 0 saturated carbocycles. The molecule has 1 aliphatic heterocycles. The monoisotopic (exact) mass is 410 g/mol. The maximum Gasteiger partial charge on any atom is 0.337 e. The topological polar surface area (TPSA) is 75.7 Å². The molecule has 0 amide bonds. The van der Waals surface area contributed by atoms with Crippen molar-refractivity contribution in [3.8, 4) is 0 Å². The van der Waals surface area contributed by atoms with Crippen LogP contribution in [0, 0.1) is 5.92 Å². The van der Waals surface area contributed by atoms with Crippen molar-refractivity contribution >= 4 is 40.0 Å². The summed E-state index contributed by atoms with van der Waals surface area (Å²) in [6, 6.07) is 4.12. The van der Waals surface area contributed by atoms with Crippen LogP contribution in [-0.4, -0.2) is 52.0 Å². The molecule has 0 unspecified atom stereocenters. The molecule has 0 bridgehead atoms. The van der Waals surface area contributed by atoms with Crippen LogP contribution in [0.4, 0.5) is 0 Å². The number of sulfonamides is 1. The largest absolute Gasteiger partial charge is 0.465 e. The second kappa shape index (κ2) is 9.73. The van der Waals surface area contributed by atoms with Gasteiger partial charge in [-0.3, -0.25) is 0 Å². The first-order valence-corrected chi connectivity index (χ1v) is 9.80. The molecule has 9 heteroatoms. The molecule has 0 spiro atoms. The van der Waals surface area contributed by atoms with Crippen molar-refractivity contribution in [3.63, 3.8) is 0 Å². The molecule has 1 fully saturated rings. The van der Waals surface area contributed by atoms with Gasteiger partial charge >= 0.3 is 5.97 Å². The molecule has 1 aromatic carbocycles. The lowest BCUT2D eigenvalue weighted by molar-refractivity contribution is 0.0600. The van der Waals surface area contributed by atoms with Crippen LogP contribution in [0.15, 0.2) is 23.1 Å². The summed E-state index contributed by atoms with van der Waals surface area (Å²) in [5, 5.41) is 3.34. The van der Waals surface area contributed by atoms with Gasteiger partial charge in [-0.2, -0.15) is 4.31 Å². The summed E-state index contributed by atoms with van der Waals surface area (Å²) < 4.78 is 31.7. The summed E-state index contributed by atoms with van der Waals surface area (Å²) in [5.74, 6) is -0.0568. The molecule has 1 heterocycles. The minimum atomic E-state index is -3.66. The first-order valence-electron chi connectivity index (χ1n) is 7.98. The second-order valence-corrected chi connectivity index (χ2v) is 8.11. The van der Waals surface area contributed by atoms with Gasteiger partial charge in [0.05, 0.1) is 17.7 Å². The average Bonchev–Trinajstić information content (AvgIpc) is 2.59. The summed E-state index contributed by atoms with van der Waals surface area (Å²) in [5.41, 5.74) is 0.228. The number of hydrogen-bond donors (Lipinski definition) is 1. The molecule has 0 aromatic heterocycles. The van der Waals surface area contributed by atoms with Gasteiger partial charge in [0.1, 0.15) is 4.90 Å². The Balaban J connectivity index is 0.00000312. The SMILES string of the molecule is CCNCC1CCN(S(=O)(=O)c2ccc(C(=O)OC)cc2Cl)CC1.Cl. The number of benzene rings is 1. The van der Waals surface area contributed by atoms with Gasteiger partial charge in [0.15, 0.2) is 0 Å². The molecule has 25 heavy (non-hydrogen) atoms. The minimum absolute atomic E-state index is 0. The predicted molar refractivity (Wildman–Crippen MR) is 100 cm³/mol. The summed E-state index contributed by atoms with van der Waals surface area (Å²) in [6.45, 7) is 4.85. The molecule has 0 radical (unpaired) electrons. The van der Waals surface area contributed by atoms with Gasteiger partial charge in [0.2, 0.25) is 10.0 Å². The standard InChI is InChI=1S/C16H23ClN2O4S.ClH/c1-3-18-11-12-6-8-19(9-7-12)24(21,22)15-5-4-13(10-14(15)17)16(20)23-2;/h4-5,10,12,18H,3,6-9,11H2,1-2H3;1H. The van der Waals surface area contributed by atoms with Crippen molar-refractivity contribution in [2.24, 2.45) is 5.92 Å². The lowest BCUT2D eigenvalue weighted by atomic mass is 9.98. The number of nitrogens with zero attached hydrogens (tertiary/aromatic N) is 1. The Morgan fingerprint density at radius 3 is 2.52 bits per heavy atom. The van der Waals surface area contributed by atoms with Crippen molar-refractivity contribution in [2.75, 3.05) is 33.3 Å². The van der Waals surface area contributed by atoms with Gasteiger partial charge < -0.3 is 10.1 Å². The normalized spacial score (nSPS) is 16.3. The van der Waals surface area contributed by atoms with Crippen LogP contribution in [0.25, 0.3) is 0 Å². The van der Waals surface area contributed by atoms with Gasteiger partial charge in [-0.15, -0.1) is 12.4 Å². The average molecular weight is 411 g/mol. The summed E-state index contributed by atoms with van der Waals surface area (Å²) in [6.07, 6.45) is 1.65. The van der Waals surface area contributed by atoms with Gasteiger partial charge in [-0.05, 0) is 50.0 Å². The fourth-order valence-corrected chi connectivity index (χ4v) is 4.78. The van der Waals surface area contributed by atoms with Crippen molar-refractivity contribution < 1.29 is 17.9 Å². The molecule has 1 aliphatic rings. The van der Waals surface area contributed by atoms with Crippen molar-refractivity contribution in [3.05, 3.63) is 28.8 Å². The number of rotatable bonds is 6. The van der Waals surface area contributed by atoms with Crippen LogP contribution in [0.5, 0.6) is 0 Å². The maximum atomic E-state index is 12.8. The Labute approximate surface area is 160 Å². The van der Waals surface area contributed by atoms with Crippen molar-refractivity contribution in [1.82, 2.24) is 9.62 Å². The highest BCUT2D eigenvalue weighted by Gasteiger charge is 2.31. The molecule has 0 aliphatic carbocycles. The zero-order valence-corrected chi connectivity index (χ0v) is 16.7. The Hall–Kier alpha value is -0.860. The fraction of sp³-hybridized carbons (Fsp3) is 0.562. The van der Waals surface area contributed by atoms with E-state index in [2.05, 4.69) is 17.0 Å². The number of esters is 1. The molecular weight excluding hydrogens is 387 g/mol. The van der Waals surface area contributed by atoms with Crippen molar-refractivity contribution in [2.45, 2.75) is 24.7 Å². The highest BCUT2D eigenvalue weighted by Crippen LogP contribution is 2.29. The first-order chi connectivity index (χ1) is 11.4. The minimum Gasteiger partial charge on any atom is -0.465 e. The van der Waals surface area contributed by atoms with Crippen LogP contribution in [0.3, 0.4) is 0 Å². The zero-order chi connectivity index (χ0) is 17.7. The molecule has 2 rings (SSSR count). The van der Waals surface area contributed by atoms with Crippen LogP contribution in [-0.2, 0) is 14.8 Å². The molecule has 6 nitrogen and oxygen atoms in total. The molecule has 1 N–H and O–H groups in total. The van der Waals surface area contributed by atoms with E-state index in [4.69, 9.17) is 11.6 Å².